The molecule has 0 aromatic heterocycles. The first kappa shape index (κ1) is 13.1. The fourth-order valence-corrected chi connectivity index (χ4v) is 4.89. The van der Waals surface area contributed by atoms with Crippen molar-refractivity contribution < 1.29 is 9.59 Å². The number of Topliss-reactive ketones (excluding diaryl/α,β-unsaturated/α-hetero) is 2. The molecule has 0 heterocycles. The van der Waals surface area contributed by atoms with Gasteiger partial charge in [0, 0.05) is 18.3 Å². The van der Waals surface area contributed by atoms with E-state index in [1.165, 1.54) is 19.3 Å². The molecule has 2 heteroatoms. The van der Waals surface area contributed by atoms with Crippen LogP contribution in [0.5, 0.6) is 0 Å². The first-order valence-electron chi connectivity index (χ1n) is 7.93. The van der Waals surface area contributed by atoms with Gasteiger partial charge in [-0.25, -0.2) is 0 Å². The summed E-state index contributed by atoms with van der Waals surface area (Å²) in [6.45, 7) is 2.21. The van der Waals surface area contributed by atoms with E-state index in [4.69, 9.17) is 0 Å². The van der Waals surface area contributed by atoms with Crippen molar-refractivity contribution in [2.45, 2.75) is 58.3 Å². The quantitative estimate of drug-likeness (QED) is 0.429. The molecule has 2 atom stereocenters. The highest BCUT2D eigenvalue weighted by molar-refractivity contribution is 6.07. The Hall–Kier alpha value is -0.920. The Labute approximate surface area is 115 Å². The number of carbonyl (C=O) groups excluding carboxylic acids is 2. The number of ketones is 2. The highest BCUT2D eigenvalue weighted by Gasteiger charge is 2.66. The zero-order valence-electron chi connectivity index (χ0n) is 11.9. The van der Waals surface area contributed by atoms with E-state index in [1.807, 2.05) is 0 Å². The highest BCUT2D eigenvalue weighted by Crippen LogP contribution is 2.65. The average molecular weight is 260 g/mol. The molecule has 3 aliphatic rings. The second-order valence-electron chi connectivity index (χ2n) is 6.64. The molecule has 0 radical (unpaired) electrons. The van der Waals surface area contributed by atoms with Crippen LogP contribution >= 0.6 is 0 Å². The Kier molecular flexibility index (Phi) is 3.36. The number of hydrogen-bond donors (Lipinski definition) is 0. The molecule has 3 saturated carbocycles. The van der Waals surface area contributed by atoms with Crippen LogP contribution in [-0.2, 0) is 9.59 Å². The predicted molar refractivity (Wildman–Crippen MR) is 74.7 cm³/mol. The molecule has 0 amide bonds. The smallest absolute Gasteiger partial charge is 0.144 e. The standard InChI is InChI=1S/C17H24O2/c1-2-3-4-5-6-9-17-12-7-8-13(17)11-15(19)16(17)14(18)10-12/h6,9,12-13,16H,2-5,7-8,10-11H2,1H3/b9-6+. The maximum absolute atomic E-state index is 12.1. The molecule has 0 N–H and O–H groups in total. The Morgan fingerprint density at radius 2 is 1.74 bits per heavy atom. The summed E-state index contributed by atoms with van der Waals surface area (Å²) in [7, 11) is 0. The van der Waals surface area contributed by atoms with Gasteiger partial charge in [-0.05, 0) is 37.5 Å². The summed E-state index contributed by atoms with van der Waals surface area (Å²) < 4.78 is 0. The molecule has 3 rings (SSSR count). The molecule has 3 fully saturated rings. The summed E-state index contributed by atoms with van der Waals surface area (Å²) in [6.07, 6.45) is 13.0. The third-order valence-electron chi connectivity index (χ3n) is 5.70. The van der Waals surface area contributed by atoms with Crippen molar-refractivity contribution in [3.63, 3.8) is 0 Å². The second kappa shape index (κ2) is 4.88. The summed E-state index contributed by atoms with van der Waals surface area (Å²) >= 11 is 0. The fourth-order valence-electron chi connectivity index (χ4n) is 4.89. The van der Waals surface area contributed by atoms with Gasteiger partial charge in [0.05, 0.1) is 5.92 Å². The van der Waals surface area contributed by atoms with E-state index in [2.05, 4.69) is 19.1 Å². The minimum atomic E-state index is -0.271. The van der Waals surface area contributed by atoms with E-state index in [0.29, 0.717) is 24.7 Å². The number of hydrogen-bond acceptors (Lipinski definition) is 2. The van der Waals surface area contributed by atoms with Crippen LogP contribution in [0.3, 0.4) is 0 Å². The summed E-state index contributed by atoms with van der Waals surface area (Å²) in [6, 6.07) is 0. The Morgan fingerprint density at radius 1 is 1.11 bits per heavy atom. The van der Waals surface area contributed by atoms with Crippen molar-refractivity contribution in [1.29, 1.82) is 0 Å². The molecule has 0 aromatic rings. The van der Waals surface area contributed by atoms with Crippen molar-refractivity contribution in [2.75, 3.05) is 0 Å². The SMILES string of the molecule is CCCCC/C=C/C12C3CCC1CC(=O)C2C(=O)C3. The zero-order valence-corrected chi connectivity index (χ0v) is 11.9. The van der Waals surface area contributed by atoms with E-state index >= 15 is 0 Å². The van der Waals surface area contributed by atoms with Gasteiger partial charge in [-0.1, -0.05) is 31.9 Å². The Balaban J connectivity index is 1.80. The minimum Gasteiger partial charge on any atom is -0.299 e. The van der Waals surface area contributed by atoms with Gasteiger partial charge < -0.3 is 0 Å². The van der Waals surface area contributed by atoms with Gasteiger partial charge >= 0.3 is 0 Å². The molecular weight excluding hydrogens is 236 g/mol. The van der Waals surface area contributed by atoms with Gasteiger partial charge in [-0.2, -0.15) is 0 Å². The van der Waals surface area contributed by atoms with Gasteiger partial charge in [0.15, 0.2) is 0 Å². The van der Waals surface area contributed by atoms with Crippen LogP contribution in [0.25, 0.3) is 0 Å². The van der Waals surface area contributed by atoms with Gasteiger partial charge in [0.2, 0.25) is 0 Å². The Morgan fingerprint density at radius 3 is 2.32 bits per heavy atom. The fraction of sp³-hybridized carbons (Fsp3) is 0.765. The lowest BCUT2D eigenvalue weighted by atomic mass is 9.72. The van der Waals surface area contributed by atoms with Crippen LogP contribution in [-0.4, -0.2) is 11.6 Å². The van der Waals surface area contributed by atoms with Gasteiger partial charge in [-0.3, -0.25) is 9.59 Å². The maximum Gasteiger partial charge on any atom is 0.144 e. The summed E-state index contributed by atoms with van der Waals surface area (Å²) in [5.41, 5.74) is -0.0552. The van der Waals surface area contributed by atoms with E-state index in [0.717, 1.165) is 19.3 Å². The topological polar surface area (TPSA) is 34.1 Å². The van der Waals surface area contributed by atoms with E-state index in [-0.39, 0.29) is 22.9 Å². The van der Waals surface area contributed by atoms with E-state index < -0.39 is 0 Å². The van der Waals surface area contributed by atoms with Crippen molar-refractivity contribution >= 4 is 11.6 Å². The van der Waals surface area contributed by atoms with Crippen LogP contribution in [0, 0.1) is 23.2 Å². The molecule has 104 valence electrons. The largest absolute Gasteiger partial charge is 0.299 e. The van der Waals surface area contributed by atoms with Crippen molar-refractivity contribution in [2.24, 2.45) is 23.2 Å². The zero-order chi connectivity index (χ0) is 13.5. The minimum absolute atomic E-state index is 0.0552. The van der Waals surface area contributed by atoms with E-state index in [9.17, 15) is 9.59 Å². The maximum atomic E-state index is 12.1. The lowest BCUT2D eigenvalue weighted by molar-refractivity contribution is -0.130. The monoisotopic (exact) mass is 260 g/mol. The molecule has 19 heavy (non-hydrogen) atoms. The number of rotatable bonds is 5. The molecule has 0 spiro atoms. The van der Waals surface area contributed by atoms with Crippen LogP contribution in [0.2, 0.25) is 0 Å². The van der Waals surface area contributed by atoms with Crippen LogP contribution in [0.1, 0.15) is 58.3 Å². The number of allylic oxidation sites excluding steroid dienone is 2. The molecular formula is C17H24O2. The van der Waals surface area contributed by atoms with E-state index in [1.54, 1.807) is 0 Å². The molecule has 3 aliphatic carbocycles. The van der Waals surface area contributed by atoms with Crippen LogP contribution in [0.4, 0.5) is 0 Å². The number of carbonyl (C=O) groups is 2. The average Bonchev–Trinajstić information content (AvgIpc) is 2.94. The molecule has 0 aliphatic heterocycles. The first-order chi connectivity index (χ1) is 9.20. The molecule has 2 unspecified atom stereocenters. The summed E-state index contributed by atoms with van der Waals surface area (Å²) in [4.78, 5) is 24.3. The van der Waals surface area contributed by atoms with Crippen LogP contribution in [0.15, 0.2) is 12.2 Å². The third kappa shape index (κ3) is 1.83. The van der Waals surface area contributed by atoms with Crippen molar-refractivity contribution in [3.05, 3.63) is 12.2 Å². The summed E-state index contributed by atoms with van der Waals surface area (Å²) in [5.74, 6) is 1.12. The predicted octanol–water partition coefficient (Wildman–Crippen LogP) is 3.70. The first-order valence-corrected chi connectivity index (χ1v) is 7.93. The lowest BCUT2D eigenvalue weighted by Gasteiger charge is -2.29. The number of unbranched alkanes of at least 4 members (excludes halogenated alkanes) is 3. The second-order valence-corrected chi connectivity index (χ2v) is 6.64. The Bertz CT molecular complexity index is 395. The lowest BCUT2D eigenvalue weighted by Crippen LogP contribution is -2.30. The third-order valence-corrected chi connectivity index (χ3v) is 5.70. The van der Waals surface area contributed by atoms with Crippen molar-refractivity contribution in [3.8, 4) is 0 Å². The van der Waals surface area contributed by atoms with Gasteiger partial charge in [0.1, 0.15) is 11.6 Å². The van der Waals surface area contributed by atoms with Gasteiger partial charge in [0.25, 0.3) is 0 Å². The van der Waals surface area contributed by atoms with Crippen molar-refractivity contribution in [1.82, 2.24) is 0 Å². The summed E-state index contributed by atoms with van der Waals surface area (Å²) in [5, 5.41) is 0. The van der Waals surface area contributed by atoms with Crippen LogP contribution < -0.4 is 0 Å². The molecule has 0 saturated heterocycles. The van der Waals surface area contributed by atoms with Gasteiger partial charge in [-0.15, -0.1) is 0 Å². The molecule has 0 aromatic carbocycles. The highest BCUT2D eigenvalue weighted by atomic mass is 16.2. The normalized spacial score (nSPS) is 40.6. The molecule has 0 bridgehead atoms. The molecule has 2 nitrogen and oxygen atoms in total.